The molecule has 2 aromatic rings. The van der Waals surface area contributed by atoms with Crippen molar-refractivity contribution < 1.29 is 9.13 Å². The van der Waals surface area contributed by atoms with Crippen LogP contribution in [-0.2, 0) is 6.42 Å². The van der Waals surface area contributed by atoms with Crippen LogP contribution in [0.2, 0.25) is 5.02 Å². The summed E-state index contributed by atoms with van der Waals surface area (Å²) in [6.07, 6.45) is 0.574. The van der Waals surface area contributed by atoms with Crippen molar-refractivity contribution in [1.82, 2.24) is 0 Å². The maximum absolute atomic E-state index is 13.4. The van der Waals surface area contributed by atoms with Gasteiger partial charge in [-0.15, -0.1) is 0 Å². The quantitative estimate of drug-likeness (QED) is 0.925. The first-order valence-corrected chi connectivity index (χ1v) is 6.32. The highest BCUT2D eigenvalue weighted by Crippen LogP contribution is 2.25. The Kier molecular flexibility index (Phi) is 4.40. The summed E-state index contributed by atoms with van der Waals surface area (Å²) in [5.41, 5.74) is 7.81. The Balaban J connectivity index is 2.20. The Labute approximate surface area is 117 Å². The molecule has 19 heavy (non-hydrogen) atoms. The van der Waals surface area contributed by atoms with Gasteiger partial charge in [-0.2, -0.15) is 0 Å². The van der Waals surface area contributed by atoms with E-state index in [4.69, 9.17) is 22.1 Å². The van der Waals surface area contributed by atoms with Gasteiger partial charge >= 0.3 is 0 Å². The van der Waals surface area contributed by atoms with E-state index < -0.39 is 5.82 Å². The van der Waals surface area contributed by atoms with Crippen LogP contribution in [0.3, 0.4) is 0 Å². The lowest BCUT2D eigenvalue weighted by molar-refractivity contribution is 0.408. The molecule has 2 nitrogen and oxygen atoms in total. The summed E-state index contributed by atoms with van der Waals surface area (Å²) in [5.74, 6) is 0.335. The smallest absolute Gasteiger partial charge is 0.142 e. The average Bonchev–Trinajstić information content (AvgIpc) is 2.42. The highest BCUT2D eigenvalue weighted by atomic mass is 35.5. The summed E-state index contributed by atoms with van der Waals surface area (Å²) in [5, 5.41) is 0.105. The number of halogens is 2. The summed E-state index contributed by atoms with van der Waals surface area (Å²) in [7, 11) is 1.62. The van der Waals surface area contributed by atoms with Gasteiger partial charge in [-0.05, 0) is 35.7 Å². The van der Waals surface area contributed by atoms with E-state index in [1.165, 1.54) is 12.1 Å². The minimum absolute atomic E-state index is 0.105. The molecule has 0 aliphatic rings. The Morgan fingerprint density at radius 1 is 1.26 bits per heavy atom. The van der Waals surface area contributed by atoms with Crippen LogP contribution < -0.4 is 10.5 Å². The first-order valence-electron chi connectivity index (χ1n) is 5.94. The standard InChI is InChI=1S/C15H15ClFNO/c1-19-15-5-3-2-4-11(15)9-14(18)10-6-7-12(16)13(17)8-10/h2-8,14H,9,18H2,1H3. The van der Waals surface area contributed by atoms with Crippen molar-refractivity contribution in [2.75, 3.05) is 7.11 Å². The number of methoxy groups -OCH3 is 1. The SMILES string of the molecule is COc1ccccc1CC(N)c1ccc(Cl)c(F)c1. The zero-order valence-electron chi connectivity index (χ0n) is 10.6. The molecule has 0 spiro atoms. The van der Waals surface area contributed by atoms with Gasteiger partial charge in [0.1, 0.15) is 11.6 Å². The van der Waals surface area contributed by atoms with E-state index in [1.807, 2.05) is 24.3 Å². The predicted octanol–water partition coefficient (Wildman–Crippen LogP) is 3.73. The van der Waals surface area contributed by atoms with Crippen molar-refractivity contribution >= 4 is 11.6 Å². The van der Waals surface area contributed by atoms with Gasteiger partial charge in [-0.3, -0.25) is 0 Å². The van der Waals surface area contributed by atoms with Crippen LogP contribution in [0.1, 0.15) is 17.2 Å². The Morgan fingerprint density at radius 2 is 2.00 bits per heavy atom. The van der Waals surface area contributed by atoms with Crippen molar-refractivity contribution in [3.05, 3.63) is 64.4 Å². The van der Waals surface area contributed by atoms with Gasteiger partial charge < -0.3 is 10.5 Å². The third kappa shape index (κ3) is 3.25. The van der Waals surface area contributed by atoms with Crippen LogP contribution in [0.5, 0.6) is 5.75 Å². The van der Waals surface area contributed by atoms with Crippen molar-refractivity contribution in [3.63, 3.8) is 0 Å². The fraction of sp³-hybridized carbons (Fsp3) is 0.200. The maximum Gasteiger partial charge on any atom is 0.142 e. The third-order valence-corrected chi connectivity index (χ3v) is 3.31. The Hall–Kier alpha value is -1.58. The lowest BCUT2D eigenvalue weighted by Crippen LogP contribution is -2.14. The van der Waals surface area contributed by atoms with Crippen molar-refractivity contribution in [1.29, 1.82) is 0 Å². The van der Waals surface area contributed by atoms with Crippen molar-refractivity contribution in [3.8, 4) is 5.75 Å². The number of rotatable bonds is 4. The first kappa shape index (κ1) is 13.8. The molecule has 0 aliphatic carbocycles. The molecule has 0 aromatic heterocycles. The van der Waals surface area contributed by atoms with E-state index in [0.29, 0.717) is 12.0 Å². The van der Waals surface area contributed by atoms with Gasteiger partial charge in [0.15, 0.2) is 0 Å². The molecular formula is C15H15ClFNO. The van der Waals surface area contributed by atoms with Gasteiger partial charge in [0, 0.05) is 6.04 Å². The fourth-order valence-electron chi connectivity index (χ4n) is 1.97. The van der Waals surface area contributed by atoms with E-state index in [2.05, 4.69) is 0 Å². The number of para-hydroxylation sites is 1. The molecule has 0 saturated carbocycles. The highest BCUT2D eigenvalue weighted by molar-refractivity contribution is 6.30. The second kappa shape index (κ2) is 6.04. The highest BCUT2D eigenvalue weighted by Gasteiger charge is 2.12. The maximum atomic E-state index is 13.4. The molecule has 2 rings (SSSR count). The molecule has 0 aliphatic heterocycles. The lowest BCUT2D eigenvalue weighted by atomic mass is 9.99. The first-order chi connectivity index (χ1) is 9.11. The van der Waals surface area contributed by atoms with Gasteiger partial charge in [0.25, 0.3) is 0 Å². The van der Waals surface area contributed by atoms with Gasteiger partial charge in [-0.1, -0.05) is 35.9 Å². The number of hydrogen-bond acceptors (Lipinski definition) is 2. The molecular weight excluding hydrogens is 265 g/mol. The van der Waals surface area contributed by atoms with Crippen LogP contribution in [0.25, 0.3) is 0 Å². The molecule has 1 atom stereocenters. The van der Waals surface area contributed by atoms with Gasteiger partial charge in [-0.25, -0.2) is 4.39 Å². The molecule has 0 fully saturated rings. The monoisotopic (exact) mass is 279 g/mol. The molecule has 0 saturated heterocycles. The van der Waals surface area contributed by atoms with Crippen LogP contribution in [-0.4, -0.2) is 7.11 Å². The second-order valence-electron chi connectivity index (χ2n) is 4.30. The van der Waals surface area contributed by atoms with E-state index in [9.17, 15) is 4.39 Å². The van der Waals surface area contributed by atoms with E-state index in [0.717, 1.165) is 11.3 Å². The van der Waals surface area contributed by atoms with Crippen LogP contribution >= 0.6 is 11.6 Å². The fourth-order valence-corrected chi connectivity index (χ4v) is 2.09. The predicted molar refractivity (Wildman–Crippen MR) is 75.0 cm³/mol. The summed E-state index contributed by atoms with van der Waals surface area (Å²) < 4.78 is 18.7. The van der Waals surface area contributed by atoms with Gasteiger partial charge in [0.2, 0.25) is 0 Å². The molecule has 4 heteroatoms. The van der Waals surface area contributed by atoms with E-state index >= 15 is 0 Å². The summed E-state index contributed by atoms with van der Waals surface area (Å²) in [6, 6.07) is 12.0. The lowest BCUT2D eigenvalue weighted by Gasteiger charge is -2.15. The zero-order chi connectivity index (χ0) is 13.8. The molecule has 0 amide bonds. The minimum Gasteiger partial charge on any atom is -0.496 e. The van der Waals surface area contributed by atoms with E-state index in [1.54, 1.807) is 13.2 Å². The molecule has 0 radical (unpaired) electrons. The number of ether oxygens (including phenoxy) is 1. The van der Waals surface area contributed by atoms with Crippen molar-refractivity contribution in [2.24, 2.45) is 5.73 Å². The van der Waals surface area contributed by atoms with Crippen LogP contribution in [0, 0.1) is 5.82 Å². The van der Waals surface area contributed by atoms with E-state index in [-0.39, 0.29) is 11.1 Å². The minimum atomic E-state index is -0.449. The normalized spacial score (nSPS) is 12.2. The number of nitrogens with two attached hydrogens (primary N) is 1. The van der Waals surface area contributed by atoms with Crippen LogP contribution in [0.15, 0.2) is 42.5 Å². The average molecular weight is 280 g/mol. The third-order valence-electron chi connectivity index (χ3n) is 3.00. The molecule has 0 heterocycles. The summed E-state index contributed by atoms with van der Waals surface area (Å²) in [4.78, 5) is 0. The number of hydrogen-bond donors (Lipinski definition) is 1. The largest absolute Gasteiger partial charge is 0.496 e. The Bertz CT molecular complexity index is 574. The van der Waals surface area contributed by atoms with Crippen LogP contribution in [0.4, 0.5) is 4.39 Å². The molecule has 2 N–H and O–H groups in total. The second-order valence-corrected chi connectivity index (χ2v) is 4.70. The summed E-state index contributed by atoms with van der Waals surface area (Å²) in [6.45, 7) is 0. The van der Waals surface area contributed by atoms with Crippen molar-refractivity contribution in [2.45, 2.75) is 12.5 Å². The zero-order valence-corrected chi connectivity index (χ0v) is 11.3. The molecule has 2 aromatic carbocycles. The Morgan fingerprint density at radius 3 is 2.68 bits per heavy atom. The molecule has 1 unspecified atom stereocenters. The topological polar surface area (TPSA) is 35.2 Å². The summed E-state index contributed by atoms with van der Waals surface area (Å²) >= 11 is 5.66. The number of benzene rings is 2. The molecule has 0 bridgehead atoms. The van der Waals surface area contributed by atoms with Gasteiger partial charge in [0.05, 0.1) is 12.1 Å². The molecule has 100 valence electrons.